The first-order valence-electron chi connectivity index (χ1n) is 16.1. The molecule has 6 nitrogen and oxygen atoms in total. The topological polar surface area (TPSA) is 63.2 Å². The van der Waals surface area contributed by atoms with E-state index in [4.69, 9.17) is 23.7 Å². The van der Waals surface area contributed by atoms with E-state index in [1.807, 2.05) is 121 Å². The smallest absolute Gasteiger partial charge is 0.124 e. The number of carbonyl (C=O) groups is 1. The molecular weight excluding hydrogens is 593 g/mol. The minimum Gasteiger partial charge on any atom is -0.374 e. The predicted molar refractivity (Wildman–Crippen MR) is 183 cm³/mol. The number of hydrogen-bond donors (Lipinski definition) is 0. The molecule has 242 valence electrons. The maximum atomic E-state index is 13.6. The van der Waals surface area contributed by atoms with Crippen LogP contribution < -0.4 is 0 Å². The van der Waals surface area contributed by atoms with Crippen molar-refractivity contribution >= 4 is 13.5 Å². The van der Waals surface area contributed by atoms with Crippen molar-refractivity contribution in [1.29, 1.82) is 0 Å². The lowest BCUT2D eigenvalue weighted by Crippen LogP contribution is -2.62. The largest absolute Gasteiger partial charge is 0.374 e. The van der Waals surface area contributed by atoms with E-state index in [9.17, 15) is 4.79 Å². The first kappa shape index (κ1) is 33.9. The Morgan fingerprint density at radius 1 is 0.543 bits per heavy atom. The molecule has 5 atom stereocenters. The molecule has 1 saturated heterocycles. The average Bonchev–Trinajstić information content (AvgIpc) is 3.07. The molecule has 0 aromatic heterocycles. The summed E-state index contributed by atoms with van der Waals surface area (Å²) in [7, 11) is -2.10. The average molecular weight is 639 g/mol. The van der Waals surface area contributed by atoms with Gasteiger partial charge >= 0.3 is 0 Å². The Balaban J connectivity index is 1.46. The summed E-state index contributed by atoms with van der Waals surface area (Å²) in [4.78, 5) is 13.6. The Hall–Kier alpha value is -3.43. The van der Waals surface area contributed by atoms with Crippen LogP contribution in [0.2, 0.25) is 19.6 Å². The summed E-state index contributed by atoms with van der Waals surface area (Å²) >= 11 is 0. The van der Waals surface area contributed by atoms with Crippen LogP contribution in [0.5, 0.6) is 0 Å². The van der Waals surface area contributed by atoms with Gasteiger partial charge in [-0.2, -0.15) is 0 Å². The number of rotatable bonds is 16. The van der Waals surface area contributed by atoms with Crippen molar-refractivity contribution in [2.45, 2.75) is 83.0 Å². The molecule has 1 fully saturated rings. The van der Waals surface area contributed by atoms with Crippen LogP contribution in [0, 0.1) is 0 Å². The molecular formula is C39H46O6Si. The van der Waals surface area contributed by atoms with Gasteiger partial charge in [0.15, 0.2) is 0 Å². The third-order valence-corrected chi connectivity index (χ3v) is 10.1. The van der Waals surface area contributed by atoms with Gasteiger partial charge in [0.1, 0.15) is 37.9 Å². The fraction of sp³-hybridized carbons (Fsp3) is 0.359. The molecule has 0 radical (unpaired) electrons. The maximum Gasteiger partial charge on any atom is 0.124 e. The summed E-state index contributed by atoms with van der Waals surface area (Å²) in [5.41, 5.74) is 4.20. The molecule has 0 unspecified atom stereocenters. The van der Waals surface area contributed by atoms with Gasteiger partial charge in [0, 0.05) is 6.42 Å². The van der Waals surface area contributed by atoms with Gasteiger partial charge in [-0.05, 0) is 22.3 Å². The molecule has 0 saturated carbocycles. The van der Waals surface area contributed by atoms with E-state index in [-0.39, 0.29) is 18.4 Å². The SMILES string of the molecule is C[Si](C)(C)C(=O)C[C@@H]1O[C@H](COCc2ccccc2)[C@@H](OCc2ccccc2)[C@H](OCc2ccccc2)[C@H]1OCc1ccccc1. The highest BCUT2D eigenvalue weighted by molar-refractivity contribution is 7.03. The Bertz CT molecular complexity index is 1450. The van der Waals surface area contributed by atoms with Gasteiger partial charge in [0.05, 0.1) is 39.1 Å². The van der Waals surface area contributed by atoms with Crippen LogP contribution in [0.1, 0.15) is 28.7 Å². The molecule has 1 aliphatic rings. The van der Waals surface area contributed by atoms with Crippen molar-refractivity contribution in [1.82, 2.24) is 0 Å². The molecule has 46 heavy (non-hydrogen) atoms. The second kappa shape index (κ2) is 16.9. The molecule has 1 aliphatic heterocycles. The van der Waals surface area contributed by atoms with Gasteiger partial charge in [-0.25, -0.2) is 0 Å². The minimum absolute atomic E-state index is 0.236. The van der Waals surface area contributed by atoms with Crippen LogP contribution in [0.15, 0.2) is 121 Å². The molecule has 0 bridgehead atoms. The summed E-state index contributed by atoms with van der Waals surface area (Å²) in [5.74, 6) is 0. The third kappa shape index (κ3) is 10.0. The van der Waals surface area contributed by atoms with Gasteiger partial charge in [0.25, 0.3) is 0 Å². The molecule has 4 aromatic carbocycles. The fourth-order valence-electron chi connectivity index (χ4n) is 5.54. The lowest BCUT2D eigenvalue weighted by molar-refractivity contribution is -0.272. The Morgan fingerprint density at radius 2 is 0.913 bits per heavy atom. The summed E-state index contributed by atoms with van der Waals surface area (Å²) in [5, 5.41) is 0.236. The van der Waals surface area contributed by atoms with Crippen molar-refractivity contribution in [3.63, 3.8) is 0 Å². The quantitative estimate of drug-likeness (QED) is 0.118. The minimum atomic E-state index is -2.10. The number of hydrogen-bond acceptors (Lipinski definition) is 6. The van der Waals surface area contributed by atoms with E-state index in [1.165, 1.54) is 0 Å². The standard InChI is InChI=1S/C39H46O6Si/c1-46(2,3)36(40)24-34-37(42-26-31-18-10-5-11-19-31)39(44-28-33-22-14-7-15-23-33)38(43-27-32-20-12-6-13-21-32)35(45-34)29-41-25-30-16-8-4-9-17-30/h4-23,34-35,37-39H,24-29H2,1-3H3/t34-,35+,37-,38+,39+/m0/s1. The summed E-state index contributed by atoms with van der Waals surface area (Å²) in [6.45, 7) is 8.05. The monoisotopic (exact) mass is 638 g/mol. The Morgan fingerprint density at radius 3 is 1.33 bits per heavy atom. The lowest BCUT2D eigenvalue weighted by atomic mass is 9.92. The summed E-state index contributed by atoms with van der Waals surface area (Å²) < 4.78 is 33.3. The molecule has 1 heterocycles. The molecule has 0 aliphatic carbocycles. The van der Waals surface area contributed by atoms with Crippen LogP contribution in [-0.2, 0) is 54.9 Å². The van der Waals surface area contributed by atoms with Crippen molar-refractivity contribution in [3.05, 3.63) is 144 Å². The van der Waals surface area contributed by atoms with Gasteiger partial charge in [0.2, 0.25) is 0 Å². The van der Waals surface area contributed by atoms with Crippen molar-refractivity contribution in [3.8, 4) is 0 Å². The zero-order chi connectivity index (χ0) is 32.2. The summed E-state index contributed by atoms with van der Waals surface area (Å²) in [6.07, 6.45) is -2.34. The molecule has 5 rings (SSSR count). The van der Waals surface area contributed by atoms with Gasteiger partial charge in [-0.1, -0.05) is 141 Å². The van der Waals surface area contributed by atoms with E-state index in [0.29, 0.717) is 26.4 Å². The van der Waals surface area contributed by atoms with E-state index in [2.05, 4.69) is 19.6 Å². The molecule has 7 heteroatoms. The lowest BCUT2D eigenvalue weighted by Gasteiger charge is -2.46. The molecule has 4 aromatic rings. The first-order chi connectivity index (χ1) is 22.4. The maximum absolute atomic E-state index is 13.6. The highest BCUT2D eigenvalue weighted by Crippen LogP contribution is 2.33. The zero-order valence-corrected chi connectivity index (χ0v) is 28.1. The predicted octanol–water partition coefficient (Wildman–Crippen LogP) is 7.56. The number of carbonyl (C=O) groups excluding carboxylic acids is 1. The van der Waals surface area contributed by atoms with Crippen LogP contribution in [0.4, 0.5) is 0 Å². The highest BCUT2D eigenvalue weighted by atomic mass is 28.3. The molecule has 0 N–H and O–H groups in total. The molecule has 0 spiro atoms. The Labute approximate surface area is 274 Å². The zero-order valence-electron chi connectivity index (χ0n) is 27.1. The van der Waals surface area contributed by atoms with Crippen molar-refractivity contribution in [2.75, 3.05) is 6.61 Å². The Kier molecular flexibility index (Phi) is 12.5. The van der Waals surface area contributed by atoms with Gasteiger partial charge in [-0.3, -0.25) is 0 Å². The second-order valence-corrected chi connectivity index (χ2v) is 17.9. The van der Waals surface area contributed by atoms with E-state index >= 15 is 0 Å². The fourth-order valence-corrected chi connectivity index (χ4v) is 6.35. The van der Waals surface area contributed by atoms with Crippen LogP contribution in [-0.4, -0.2) is 50.6 Å². The second-order valence-electron chi connectivity index (χ2n) is 12.9. The van der Waals surface area contributed by atoms with E-state index < -0.39 is 38.6 Å². The number of benzene rings is 4. The normalized spacial score (nSPS) is 21.6. The summed E-state index contributed by atoms with van der Waals surface area (Å²) in [6, 6.07) is 40.3. The van der Waals surface area contributed by atoms with E-state index in [1.54, 1.807) is 0 Å². The van der Waals surface area contributed by atoms with Crippen LogP contribution in [0.25, 0.3) is 0 Å². The van der Waals surface area contributed by atoms with Gasteiger partial charge in [-0.15, -0.1) is 0 Å². The highest BCUT2D eigenvalue weighted by Gasteiger charge is 2.49. The van der Waals surface area contributed by atoms with E-state index in [0.717, 1.165) is 22.3 Å². The third-order valence-electron chi connectivity index (χ3n) is 8.20. The van der Waals surface area contributed by atoms with Crippen molar-refractivity contribution in [2.24, 2.45) is 0 Å². The van der Waals surface area contributed by atoms with Crippen molar-refractivity contribution < 1.29 is 28.5 Å². The van der Waals surface area contributed by atoms with Crippen LogP contribution >= 0.6 is 0 Å². The number of ether oxygens (including phenoxy) is 5. The molecule has 0 amide bonds. The van der Waals surface area contributed by atoms with Crippen LogP contribution in [0.3, 0.4) is 0 Å². The van der Waals surface area contributed by atoms with Gasteiger partial charge < -0.3 is 28.5 Å². The first-order valence-corrected chi connectivity index (χ1v) is 19.6.